The summed E-state index contributed by atoms with van der Waals surface area (Å²) in [4.78, 5) is 17.5. The Morgan fingerprint density at radius 2 is 1.87 bits per heavy atom. The van der Waals surface area contributed by atoms with E-state index in [4.69, 9.17) is 9.47 Å². The van der Waals surface area contributed by atoms with E-state index in [0.717, 1.165) is 0 Å². The van der Waals surface area contributed by atoms with Crippen LogP contribution in [0.2, 0.25) is 0 Å². The molecule has 0 aliphatic carbocycles. The van der Waals surface area contributed by atoms with E-state index in [1.807, 2.05) is 0 Å². The van der Waals surface area contributed by atoms with Crippen LogP contribution in [0.1, 0.15) is 18.5 Å². The molecule has 0 radical (unpaired) electrons. The second-order valence-corrected chi connectivity index (χ2v) is 6.67. The third kappa shape index (κ3) is 3.91. The molecule has 0 saturated heterocycles. The molecule has 1 aliphatic heterocycles. The summed E-state index contributed by atoms with van der Waals surface area (Å²) >= 11 is 0. The second-order valence-electron chi connectivity index (χ2n) is 6.67. The molecular formula is C21H19F2N5O3. The highest BCUT2D eigenvalue weighted by Crippen LogP contribution is 2.39. The summed E-state index contributed by atoms with van der Waals surface area (Å²) in [5, 5.41) is 10.1. The lowest BCUT2D eigenvalue weighted by atomic mass is 9.94. The minimum absolute atomic E-state index is 0.0544. The number of hydrogen-bond acceptors (Lipinski definition) is 6. The predicted molar refractivity (Wildman–Crippen MR) is 109 cm³/mol. The lowest BCUT2D eigenvalue weighted by Crippen LogP contribution is -2.32. The van der Waals surface area contributed by atoms with E-state index in [2.05, 4.69) is 20.7 Å². The molecule has 8 nitrogen and oxygen atoms in total. The molecule has 10 heteroatoms. The summed E-state index contributed by atoms with van der Waals surface area (Å²) < 4.78 is 37.5. The highest BCUT2D eigenvalue weighted by molar-refractivity contribution is 6.06. The molecular weight excluding hydrogens is 408 g/mol. The molecule has 0 spiro atoms. The average molecular weight is 427 g/mol. The van der Waals surface area contributed by atoms with Crippen molar-refractivity contribution >= 4 is 17.5 Å². The Kier molecular flexibility index (Phi) is 5.52. The molecule has 1 aliphatic rings. The van der Waals surface area contributed by atoms with Crippen LogP contribution in [0.5, 0.6) is 11.5 Å². The van der Waals surface area contributed by atoms with Crippen molar-refractivity contribution in [2.24, 2.45) is 0 Å². The van der Waals surface area contributed by atoms with Crippen LogP contribution in [0.15, 0.2) is 66.1 Å². The van der Waals surface area contributed by atoms with Crippen LogP contribution in [0, 0.1) is 0 Å². The molecule has 1 amide bonds. The van der Waals surface area contributed by atoms with Gasteiger partial charge in [-0.1, -0.05) is 30.3 Å². The molecule has 1 aromatic heterocycles. The minimum atomic E-state index is -3.02. The van der Waals surface area contributed by atoms with Crippen LogP contribution in [-0.2, 0) is 4.79 Å². The zero-order valence-electron chi connectivity index (χ0n) is 16.7. The lowest BCUT2D eigenvalue weighted by Gasteiger charge is -2.29. The van der Waals surface area contributed by atoms with Crippen molar-refractivity contribution < 1.29 is 23.0 Å². The fourth-order valence-electron chi connectivity index (χ4n) is 3.52. The Bertz CT molecular complexity index is 1150. The zero-order valence-corrected chi connectivity index (χ0v) is 16.7. The number of hydrogen-bond donors (Lipinski definition) is 2. The number of carbonyl (C=O) groups excluding carboxylic acids is 1. The maximum Gasteiger partial charge on any atom is 0.387 e. The van der Waals surface area contributed by atoms with Crippen molar-refractivity contribution in [1.29, 1.82) is 0 Å². The number of alkyl halides is 2. The number of allylic oxidation sites excluding steroid dienone is 1. The van der Waals surface area contributed by atoms with Gasteiger partial charge in [-0.05, 0) is 25.1 Å². The molecule has 0 saturated carbocycles. The van der Waals surface area contributed by atoms with Gasteiger partial charge >= 0.3 is 6.61 Å². The van der Waals surface area contributed by atoms with Gasteiger partial charge in [0.05, 0.1) is 18.4 Å². The highest BCUT2D eigenvalue weighted by atomic mass is 19.3. The smallest absolute Gasteiger partial charge is 0.387 e. The third-order valence-electron chi connectivity index (χ3n) is 4.82. The number of fused-ring (bicyclic) bond motifs is 1. The number of nitrogens with zero attached hydrogens (tertiary/aromatic N) is 3. The van der Waals surface area contributed by atoms with Crippen molar-refractivity contribution in [3.63, 3.8) is 0 Å². The summed E-state index contributed by atoms with van der Waals surface area (Å²) in [6.45, 7) is -1.31. The molecule has 0 fully saturated rings. The second kappa shape index (κ2) is 8.42. The van der Waals surface area contributed by atoms with Crippen molar-refractivity contribution in [2.75, 3.05) is 17.7 Å². The normalized spacial score (nSPS) is 15.3. The number of aromatic nitrogens is 3. The average Bonchev–Trinajstić information content (AvgIpc) is 3.21. The Labute approximate surface area is 176 Å². The predicted octanol–water partition coefficient (Wildman–Crippen LogP) is 3.82. The van der Waals surface area contributed by atoms with Crippen LogP contribution in [-0.4, -0.2) is 34.4 Å². The number of benzene rings is 2. The first kappa shape index (κ1) is 20.3. The van der Waals surface area contributed by atoms with E-state index >= 15 is 0 Å². The van der Waals surface area contributed by atoms with Crippen molar-refractivity contribution in [2.45, 2.75) is 19.6 Å². The number of halogens is 2. The molecule has 160 valence electrons. The number of amides is 1. The lowest BCUT2D eigenvalue weighted by molar-refractivity contribution is -0.113. The zero-order chi connectivity index (χ0) is 22.0. The van der Waals surface area contributed by atoms with Gasteiger partial charge in [0.25, 0.3) is 5.91 Å². The quantitative estimate of drug-likeness (QED) is 0.622. The molecule has 0 bridgehead atoms. The molecule has 3 aromatic rings. The molecule has 4 rings (SSSR count). The van der Waals surface area contributed by atoms with E-state index < -0.39 is 18.6 Å². The van der Waals surface area contributed by atoms with E-state index in [1.54, 1.807) is 49.4 Å². The molecule has 2 aromatic carbocycles. The Morgan fingerprint density at radius 3 is 2.61 bits per heavy atom. The van der Waals surface area contributed by atoms with Gasteiger partial charge in [-0.15, -0.1) is 0 Å². The Balaban J connectivity index is 1.80. The fraction of sp³-hybridized carbons (Fsp3) is 0.190. The summed E-state index contributed by atoms with van der Waals surface area (Å²) in [6, 6.07) is 12.4. The summed E-state index contributed by atoms with van der Waals surface area (Å²) in [5.74, 6) is 0.356. The first-order valence-electron chi connectivity index (χ1n) is 9.35. The van der Waals surface area contributed by atoms with E-state index in [0.29, 0.717) is 28.6 Å². The van der Waals surface area contributed by atoms with Gasteiger partial charge < -0.3 is 20.1 Å². The number of rotatable bonds is 6. The first-order chi connectivity index (χ1) is 15.0. The van der Waals surface area contributed by atoms with Crippen LogP contribution in [0.4, 0.5) is 20.4 Å². The number of ether oxygens (including phenoxy) is 2. The largest absolute Gasteiger partial charge is 0.495 e. The number of nitrogens with one attached hydrogen (secondary N) is 2. The van der Waals surface area contributed by atoms with Gasteiger partial charge in [0.2, 0.25) is 5.95 Å². The van der Waals surface area contributed by atoms with Crippen LogP contribution >= 0.6 is 0 Å². The van der Waals surface area contributed by atoms with Gasteiger partial charge in [-0.25, -0.2) is 4.68 Å². The van der Waals surface area contributed by atoms with Gasteiger partial charge in [0.1, 0.15) is 23.9 Å². The van der Waals surface area contributed by atoms with Crippen LogP contribution in [0.3, 0.4) is 0 Å². The van der Waals surface area contributed by atoms with Gasteiger partial charge in [-0.2, -0.15) is 18.9 Å². The minimum Gasteiger partial charge on any atom is -0.495 e. The molecule has 1 atom stereocenters. The topological polar surface area (TPSA) is 90.3 Å². The summed E-state index contributed by atoms with van der Waals surface area (Å²) in [5.41, 5.74) is 1.59. The number of para-hydroxylation sites is 3. The molecule has 2 N–H and O–H groups in total. The summed E-state index contributed by atoms with van der Waals surface area (Å²) in [6.07, 6.45) is 1.32. The van der Waals surface area contributed by atoms with E-state index in [-0.39, 0.29) is 11.3 Å². The van der Waals surface area contributed by atoms with Crippen LogP contribution < -0.4 is 20.1 Å². The monoisotopic (exact) mass is 427 g/mol. The fourth-order valence-corrected chi connectivity index (χ4v) is 3.52. The maximum atomic E-state index is 13.4. The molecule has 31 heavy (non-hydrogen) atoms. The van der Waals surface area contributed by atoms with Gasteiger partial charge in [0.15, 0.2) is 0 Å². The Morgan fingerprint density at radius 1 is 1.16 bits per heavy atom. The SMILES string of the molecule is COc1ccccc1NC(=O)C1=C(C)Nc2ncnn2[C@H]1c1ccccc1OC(F)F. The number of anilines is 2. The first-order valence-corrected chi connectivity index (χ1v) is 9.35. The van der Waals surface area contributed by atoms with Crippen molar-refractivity contribution in [3.8, 4) is 11.5 Å². The van der Waals surface area contributed by atoms with E-state index in [9.17, 15) is 13.6 Å². The highest BCUT2D eigenvalue weighted by Gasteiger charge is 2.35. The van der Waals surface area contributed by atoms with Gasteiger partial charge in [0, 0.05) is 11.3 Å². The summed E-state index contributed by atoms with van der Waals surface area (Å²) in [7, 11) is 1.50. The third-order valence-corrected chi connectivity index (χ3v) is 4.82. The maximum absolute atomic E-state index is 13.4. The van der Waals surface area contributed by atoms with Crippen molar-refractivity contribution in [1.82, 2.24) is 14.8 Å². The molecule has 0 unspecified atom stereocenters. The van der Waals surface area contributed by atoms with Crippen molar-refractivity contribution in [3.05, 3.63) is 71.7 Å². The number of methoxy groups -OCH3 is 1. The van der Waals surface area contributed by atoms with Crippen LogP contribution in [0.25, 0.3) is 0 Å². The van der Waals surface area contributed by atoms with Gasteiger partial charge in [-0.3, -0.25) is 4.79 Å². The molecule has 2 heterocycles. The Hall–Kier alpha value is -3.95. The van der Waals surface area contributed by atoms with E-state index in [1.165, 1.54) is 24.2 Å². The standard InChI is InChI=1S/C21H19F2N5O3/c1-12-17(19(29)27-14-8-4-6-10-16(14)30-2)18(28-21(26-12)24-11-25-28)13-7-3-5-9-15(13)31-20(22)23/h3-11,18,20H,1-2H3,(H,27,29)(H,24,25,26)/t18-/m0/s1. The number of carbonyl (C=O) groups is 1.